The first-order valence-corrected chi connectivity index (χ1v) is 6.24. The van der Waals surface area contributed by atoms with Crippen LogP contribution in [0.15, 0.2) is 18.2 Å². The third kappa shape index (κ3) is 2.84. The molecule has 106 valence electrons. The van der Waals surface area contributed by atoms with Crippen LogP contribution in [0.4, 0.5) is 14.6 Å². The van der Waals surface area contributed by atoms with Crippen molar-refractivity contribution in [3.63, 3.8) is 0 Å². The highest BCUT2D eigenvalue weighted by molar-refractivity contribution is 5.49. The lowest BCUT2D eigenvalue weighted by Crippen LogP contribution is -2.06. The summed E-state index contributed by atoms with van der Waals surface area (Å²) in [6.07, 6.45) is 0. The Morgan fingerprint density at radius 3 is 2.65 bits per heavy atom. The van der Waals surface area contributed by atoms with Gasteiger partial charge in [0.15, 0.2) is 11.6 Å². The largest absolute Gasteiger partial charge is 0.435 e. The summed E-state index contributed by atoms with van der Waals surface area (Å²) in [5.74, 6) is -0.886. The first-order chi connectivity index (χ1) is 9.52. The van der Waals surface area contributed by atoms with Gasteiger partial charge in [0.05, 0.1) is 5.56 Å². The van der Waals surface area contributed by atoms with Crippen molar-refractivity contribution in [2.24, 2.45) is 0 Å². The van der Waals surface area contributed by atoms with Crippen LogP contribution in [-0.4, -0.2) is 16.5 Å². The second-order valence-electron chi connectivity index (χ2n) is 4.23. The second-order valence-corrected chi connectivity index (χ2v) is 4.23. The summed E-state index contributed by atoms with van der Waals surface area (Å²) in [5.41, 5.74) is 0.640. The summed E-state index contributed by atoms with van der Waals surface area (Å²) in [4.78, 5) is 8.35. The molecule has 0 bridgehead atoms. The Morgan fingerprint density at radius 2 is 1.95 bits per heavy atom. The summed E-state index contributed by atoms with van der Waals surface area (Å²) in [6.45, 7) is 6.08. The van der Waals surface area contributed by atoms with Crippen LogP contribution in [-0.2, 0) is 0 Å². The van der Waals surface area contributed by atoms with E-state index < -0.39 is 11.6 Å². The summed E-state index contributed by atoms with van der Waals surface area (Å²) >= 11 is 0. The molecule has 2 aromatic rings. The lowest BCUT2D eigenvalue weighted by Gasteiger charge is -2.13. The molecule has 0 unspecified atom stereocenters. The molecule has 1 aromatic carbocycles. The van der Waals surface area contributed by atoms with E-state index in [0.29, 0.717) is 23.8 Å². The third-order valence-electron chi connectivity index (χ3n) is 2.68. The minimum atomic E-state index is -1.03. The molecule has 0 radical (unpaired) electrons. The molecule has 0 aliphatic heterocycles. The van der Waals surface area contributed by atoms with Gasteiger partial charge in [-0.2, -0.15) is 9.37 Å². The average molecular weight is 279 g/mol. The minimum Gasteiger partial charge on any atom is -0.435 e. The van der Waals surface area contributed by atoms with Gasteiger partial charge in [-0.05, 0) is 32.9 Å². The number of hydrogen-bond donors (Lipinski definition) is 1. The number of anilines is 1. The Morgan fingerprint density at radius 1 is 1.20 bits per heavy atom. The number of halogens is 2. The van der Waals surface area contributed by atoms with Crippen molar-refractivity contribution in [1.29, 1.82) is 0 Å². The molecule has 0 spiro atoms. The van der Waals surface area contributed by atoms with E-state index in [2.05, 4.69) is 15.3 Å². The highest BCUT2D eigenvalue weighted by atomic mass is 19.2. The van der Waals surface area contributed by atoms with Crippen molar-refractivity contribution in [2.75, 3.05) is 11.9 Å². The standard InChI is InChI=1S/C14H15F2N3O/c1-4-17-13-8(2)14(19-9(3)18-13)20-11-7-5-6-10(15)12(11)16/h5-7H,4H2,1-3H3,(H,17,18,19). The van der Waals surface area contributed by atoms with Crippen LogP contribution in [0.2, 0.25) is 0 Å². The predicted octanol–water partition coefficient (Wildman–Crippen LogP) is 3.60. The smallest absolute Gasteiger partial charge is 0.227 e. The first-order valence-electron chi connectivity index (χ1n) is 6.24. The summed E-state index contributed by atoms with van der Waals surface area (Å²) in [5, 5.41) is 3.07. The molecule has 1 N–H and O–H groups in total. The lowest BCUT2D eigenvalue weighted by molar-refractivity contribution is 0.402. The molecule has 0 aliphatic rings. The Labute approximate surface area is 115 Å². The van der Waals surface area contributed by atoms with Crippen molar-refractivity contribution >= 4 is 5.82 Å². The van der Waals surface area contributed by atoms with Crippen molar-refractivity contribution < 1.29 is 13.5 Å². The number of rotatable bonds is 4. The number of ether oxygens (including phenoxy) is 1. The number of benzene rings is 1. The van der Waals surface area contributed by atoms with Gasteiger partial charge >= 0.3 is 0 Å². The topological polar surface area (TPSA) is 47.0 Å². The molecule has 1 aromatic heterocycles. The zero-order valence-corrected chi connectivity index (χ0v) is 11.5. The molecule has 0 atom stereocenters. The Bertz CT molecular complexity index is 632. The number of aryl methyl sites for hydroxylation is 1. The molecular formula is C14H15F2N3O. The van der Waals surface area contributed by atoms with Gasteiger partial charge in [0, 0.05) is 6.54 Å². The molecule has 6 heteroatoms. The molecule has 1 heterocycles. The van der Waals surface area contributed by atoms with Crippen LogP contribution in [0.5, 0.6) is 11.6 Å². The molecule has 20 heavy (non-hydrogen) atoms. The lowest BCUT2D eigenvalue weighted by atomic mass is 10.3. The maximum atomic E-state index is 13.6. The predicted molar refractivity (Wildman–Crippen MR) is 72.1 cm³/mol. The molecule has 4 nitrogen and oxygen atoms in total. The number of nitrogens with zero attached hydrogens (tertiary/aromatic N) is 2. The van der Waals surface area contributed by atoms with E-state index in [0.717, 1.165) is 6.07 Å². The summed E-state index contributed by atoms with van der Waals surface area (Å²) in [6, 6.07) is 3.76. The van der Waals surface area contributed by atoms with E-state index in [-0.39, 0.29) is 11.6 Å². The van der Waals surface area contributed by atoms with Gasteiger partial charge in [0.25, 0.3) is 0 Å². The minimum absolute atomic E-state index is 0.200. The quantitative estimate of drug-likeness (QED) is 0.929. The Hall–Kier alpha value is -2.24. The first kappa shape index (κ1) is 14.2. The number of aromatic nitrogens is 2. The maximum Gasteiger partial charge on any atom is 0.227 e. The van der Waals surface area contributed by atoms with Crippen molar-refractivity contribution in [3.8, 4) is 11.6 Å². The molecule has 0 saturated heterocycles. The van der Waals surface area contributed by atoms with E-state index in [1.165, 1.54) is 12.1 Å². The Balaban J connectivity index is 2.40. The van der Waals surface area contributed by atoms with Crippen LogP contribution in [0.3, 0.4) is 0 Å². The van der Waals surface area contributed by atoms with Crippen LogP contribution >= 0.6 is 0 Å². The van der Waals surface area contributed by atoms with Crippen molar-refractivity contribution in [1.82, 2.24) is 9.97 Å². The molecule has 2 rings (SSSR count). The SMILES string of the molecule is CCNc1nc(C)nc(Oc2cccc(F)c2F)c1C. The van der Waals surface area contributed by atoms with E-state index >= 15 is 0 Å². The fourth-order valence-electron chi connectivity index (χ4n) is 1.71. The van der Waals surface area contributed by atoms with E-state index in [9.17, 15) is 8.78 Å². The third-order valence-corrected chi connectivity index (χ3v) is 2.68. The van der Waals surface area contributed by atoms with Gasteiger partial charge in [0.1, 0.15) is 11.6 Å². The van der Waals surface area contributed by atoms with Gasteiger partial charge in [-0.15, -0.1) is 0 Å². The molecule has 0 aliphatic carbocycles. The van der Waals surface area contributed by atoms with Gasteiger partial charge in [-0.25, -0.2) is 9.37 Å². The van der Waals surface area contributed by atoms with Crippen molar-refractivity contribution in [2.45, 2.75) is 20.8 Å². The van der Waals surface area contributed by atoms with E-state index in [1.54, 1.807) is 13.8 Å². The maximum absolute atomic E-state index is 13.6. The van der Waals surface area contributed by atoms with Gasteiger partial charge in [-0.1, -0.05) is 6.07 Å². The zero-order valence-electron chi connectivity index (χ0n) is 11.5. The van der Waals surface area contributed by atoms with Crippen LogP contribution < -0.4 is 10.1 Å². The number of nitrogens with one attached hydrogen (secondary N) is 1. The summed E-state index contributed by atoms with van der Waals surface area (Å²) in [7, 11) is 0. The van der Waals surface area contributed by atoms with Gasteiger partial charge in [0.2, 0.25) is 11.7 Å². The van der Waals surface area contributed by atoms with Gasteiger partial charge < -0.3 is 10.1 Å². The van der Waals surface area contributed by atoms with E-state index in [1.807, 2.05) is 6.92 Å². The molecular weight excluding hydrogens is 264 g/mol. The van der Waals surface area contributed by atoms with Crippen LogP contribution in [0.1, 0.15) is 18.3 Å². The molecule has 0 fully saturated rings. The molecule has 0 amide bonds. The fourth-order valence-corrected chi connectivity index (χ4v) is 1.71. The Kier molecular flexibility index (Phi) is 4.12. The highest BCUT2D eigenvalue weighted by Crippen LogP contribution is 2.29. The average Bonchev–Trinajstić information content (AvgIpc) is 2.40. The highest BCUT2D eigenvalue weighted by Gasteiger charge is 2.14. The monoisotopic (exact) mass is 279 g/mol. The van der Waals surface area contributed by atoms with Crippen LogP contribution in [0.25, 0.3) is 0 Å². The molecule has 0 saturated carbocycles. The normalized spacial score (nSPS) is 10.4. The van der Waals surface area contributed by atoms with E-state index in [4.69, 9.17) is 4.74 Å². The second kappa shape index (κ2) is 5.81. The fraction of sp³-hybridized carbons (Fsp3) is 0.286. The number of hydrogen-bond acceptors (Lipinski definition) is 4. The zero-order chi connectivity index (χ0) is 14.7. The van der Waals surface area contributed by atoms with Crippen molar-refractivity contribution in [3.05, 3.63) is 41.2 Å². The summed E-state index contributed by atoms with van der Waals surface area (Å²) < 4.78 is 32.2. The van der Waals surface area contributed by atoms with Gasteiger partial charge in [-0.3, -0.25) is 0 Å². The van der Waals surface area contributed by atoms with Crippen LogP contribution in [0, 0.1) is 25.5 Å².